The van der Waals surface area contributed by atoms with Crippen molar-refractivity contribution in [3.63, 3.8) is 0 Å². The molecule has 0 aliphatic heterocycles. The van der Waals surface area contributed by atoms with Crippen molar-refractivity contribution < 1.29 is 8.42 Å². The summed E-state index contributed by atoms with van der Waals surface area (Å²) >= 11 is 5.98. The number of sulfonamides is 1. The molecule has 2 heterocycles. The van der Waals surface area contributed by atoms with E-state index in [1.807, 2.05) is 32.4 Å². The largest absolute Gasteiger partial charge is 0.310 e. The van der Waals surface area contributed by atoms with Crippen molar-refractivity contribution in [1.29, 1.82) is 0 Å². The molecule has 0 aliphatic rings. The monoisotopic (exact) mass is 333 g/mol. The van der Waals surface area contributed by atoms with Crippen molar-refractivity contribution in [1.82, 2.24) is 24.1 Å². The van der Waals surface area contributed by atoms with Crippen LogP contribution < -0.4 is 4.72 Å². The molecule has 2 aromatic heterocycles. The maximum absolute atomic E-state index is 11.5. The molecule has 2 aromatic rings. The first-order valence-electron chi connectivity index (χ1n) is 6.48. The van der Waals surface area contributed by atoms with Gasteiger partial charge in [0.1, 0.15) is 11.3 Å². The molecule has 2 rings (SSSR count). The predicted molar refractivity (Wildman–Crippen MR) is 82.9 cm³/mol. The summed E-state index contributed by atoms with van der Waals surface area (Å²) in [6.45, 7) is 5.94. The van der Waals surface area contributed by atoms with Crippen LogP contribution >= 0.6 is 11.6 Å². The van der Waals surface area contributed by atoms with Gasteiger partial charge < -0.3 is 4.57 Å². The quantitative estimate of drug-likeness (QED) is 0.832. The van der Waals surface area contributed by atoms with Gasteiger partial charge in [0, 0.05) is 19.1 Å². The topological polar surface area (TPSA) is 81.8 Å². The van der Waals surface area contributed by atoms with E-state index in [1.165, 1.54) is 0 Å². The van der Waals surface area contributed by atoms with Crippen LogP contribution in [0, 0.1) is 6.92 Å². The normalized spacial score (nSPS) is 13.2. The molecule has 7 nitrogen and oxygen atoms in total. The molecular formula is C12H20ClN5O2S. The van der Waals surface area contributed by atoms with Crippen LogP contribution in [-0.4, -0.2) is 39.5 Å². The molecule has 21 heavy (non-hydrogen) atoms. The predicted octanol–water partition coefficient (Wildman–Crippen LogP) is 1.14. The minimum atomic E-state index is -3.30. The fourth-order valence-electron chi connectivity index (χ4n) is 2.58. The molecule has 118 valence electrons. The third-order valence-corrected chi connectivity index (χ3v) is 4.27. The molecule has 0 unspecified atom stereocenters. The first-order valence-corrected chi connectivity index (χ1v) is 8.90. The van der Waals surface area contributed by atoms with E-state index < -0.39 is 15.6 Å². The lowest BCUT2D eigenvalue weighted by atomic mass is 10.1. The number of rotatable bonds is 5. The van der Waals surface area contributed by atoms with Gasteiger partial charge in [-0.2, -0.15) is 5.10 Å². The van der Waals surface area contributed by atoms with Gasteiger partial charge in [0.25, 0.3) is 0 Å². The van der Waals surface area contributed by atoms with Crippen molar-refractivity contribution in [2.75, 3.05) is 6.26 Å². The van der Waals surface area contributed by atoms with E-state index in [0.29, 0.717) is 12.4 Å². The second-order valence-electron chi connectivity index (χ2n) is 5.89. The van der Waals surface area contributed by atoms with Crippen LogP contribution in [-0.2, 0) is 29.5 Å². The summed E-state index contributed by atoms with van der Waals surface area (Å²) in [5, 5.41) is 4.34. The van der Waals surface area contributed by atoms with Crippen LogP contribution in [0.5, 0.6) is 0 Å². The van der Waals surface area contributed by atoms with Crippen LogP contribution in [0.2, 0.25) is 0 Å². The third-order valence-electron chi connectivity index (χ3n) is 3.10. The van der Waals surface area contributed by atoms with Gasteiger partial charge in [-0.1, -0.05) is 0 Å². The Labute approximate surface area is 129 Å². The minimum Gasteiger partial charge on any atom is -0.310 e. The number of alkyl halides is 1. The molecule has 0 radical (unpaired) electrons. The van der Waals surface area contributed by atoms with Crippen LogP contribution in [0.1, 0.15) is 25.4 Å². The van der Waals surface area contributed by atoms with E-state index in [4.69, 9.17) is 11.6 Å². The molecule has 0 bridgehead atoms. The van der Waals surface area contributed by atoms with Gasteiger partial charge in [-0.25, -0.2) is 18.1 Å². The molecule has 0 atom stereocenters. The lowest BCUT2D eigenvalue weighted by molar-refractivity contribution is 0.389. The highest BCUT2D eigenvalue weighted by atomic mass is 35.5. The van der Waals surface area contributed by atoms with Crippen molar-refractivity contribution in [3.05, 3.63) is 11.5 Å². The Kier molecular flexibility index (Phi) is 4.07. The number of hydrogen-bond donors (Lipinski definition) is 1. The zero-order valence-electron chi connectivity index (χ0n) is 12.8. The first kappa shape index (κ1) is 16.3. The Hall–Kier alpha value is -1.12. The summed E-state index contributed by atoms with van der Waals surface area (Å²) in [5.41, 5.74) is 1.79. The first-order chi connectivity index (χ1) is 9.54. The number of aryl methyl sites for hydroxylation is 2. The maximum atomic E-state index is 11.5. The van der Waals surface area contributed by atoms with E-state index in [0.717, 1.165) is 23.1 Å². The average molecular weight is 334 g/mol. The highest BCUT2D eigenvalue weighted by Crippen LogP contribution is 2.22. The highest BCUT2D eigenvalue weighted by Gasteiger charge is 2.26. The lowest BCUT2D eigenvalue weighted by Crippen LogP contribution is -2.46. The van der Waals surface area contributed by atoms with Gasteiger partial charge in [-0.05, 0) is 20.8 Å². The third kappa shape index (κ3) is 3.38. The number of fused-ring (bicyclic) bond motifs is 1. The number of halogens is 1. The molecule has 0 saturated carbocycles. The number of imidazole rings is 1. The van der Waals surface area contributed by atoms with E-state index in [-0.39, 0.29) is 5.88 Å². The SMILES string of the molecule is Cc1nn(C)c2c1nc(CCl)n2CC(C)(C)NS(C)(=O)=O. The minimum absolute atomic E-state index is 0.253. The fourth-order valence-corrected chi connectivity index (χ4v) is 3.85. The van der Waals surface area contributed by atoms with Crippen molar-refractivity contribution >= 4 is 32.8 Å². The average Bonchev–Trinajstić information content (AvgIpc) is 2.75. The zero-order valence-corrected chi connectivity index (χ0v) is 14.4. The lowest BCUT2D eigenvalue weighted by Gasteiger charge is -2.26. The molecule has 1 N–H and O–H groups in total. The van der Waals surface area contributed by atoms with Crippen LogP contribution in [0.15, 0.2) is 0 Å². The van der Waals surface area contributed by atoms with Gasteiger partial charge in [-0.15, -0.1) is 11.6 Å². The molecule has 0 amide bonds. The zero-order chi connectivity index (χ0) is 16.0. The second kappa shape index (κ2) is 5.26. The summed E-state index contributed by atoms with van der Waals surface area (Å²) in [7, 11) is -1.47. The molecule has 0 saturated heterocycles. The van der Waals surface area contributed by atoms with Crippen molar-refractivity contribution in [2.45, 2.75) is 38.7 Å². The Morgan fingerprint density at radius 2 is 2.00 bits per heavy atom. The number of nitrogens with one attached hydrogen (secondary N) is 1. The van der Waals surface area contributed by atoms with E-state index in [1.54, 1.807) is 4.68 Å². The molecule has 9 heteroatoms. The number of nitrogens with zero attached hydrogens (tertiary/aromatic N) is 4. The van der Waals surface area contributed by atoms with E-state index in [2.05, 4.69) is 14.8 Å². The summed E-state index contributed by atoms with van der Waals surface area (Å²) in [6.07, 6.45) is 1.15. The Balaban J connectivity index is 2.50. The summed E-state index contributed by atoms with van der Waals surface area (Å²) in [6, 6.07) is 0. The van der Waals surface area contributed by atoms with E-state index >= 15 is 0 Å². The molecule has 0 fully saturated rings. The smallest absolute Gasteiger partial charge is 0.209 e. The summed E-state index contributed by atoms with van der Waals surface area (Å²) in [5.74, 6) is 0.953. The number of aromatic nitrogens is 4. The maximum Gasteiger partial charge on any atom is 0.209 e. The van der Waals surface area contributed by atoms with E-state index in [9.17, 15) is 8.42 Å². The molecule has 0 aromatic carbocycles. The van der Waals surface area contributed by atoms with Gasteiger partial charge >= 0.3 is 0 Å². The standard InChI is InChI=1S/C12H20ClN5O2S/c1-8-10-11(17(4)15-8)18(9(6-13)14-10)7-12(2,3)16-21(5,19)20/h16H,6-7H2,1-5H3. The van der Waals surface area contributed by atoms with Crippen LogP contribution in [0.3, 0.4) is 0 Å². The Bertz CT molecular complexity index is 775. The summed E-state index contributed by atoms with van der Waals surface area (Å²) < 4.78 is 29.3. The Morgan fingerprint density at radius 3 is 2.52 bits per heavy atom. The van der Waals surface area contributed by atoms with Crippen molar-refractivity contribution in [3.8, 4) is 0 Å². The van der Waals surface area contributed by atoms with Gasteiger partial charge in [0.05, 0.1) is 17.8 Å². The van der Waals surface area contributed by atoms with Crippen LogP contribution in [0.4, 0.5) is 0 Å². The fraction of sp³-hybridized carbons (Fsp3) is 0.667. The molecule has 0 spiro atoms. The van der Waals surface area contributed by atoms with Crippen molar-refractivity contribution in [2.24, 2.45) is 7.05 Å². The highest BCUT2D eigenvalue weighted by molar-refractivity contribution is 7.88. The van der Waals surface area contributed by atoms with Crippen LogP contribution in [0.25, 0.3) is 11.2 Å². The van der Waals surface area contributed by atoms with Gasteiger partial charge in [0.15, 0.2) is 5.65 Å². The second-order valence-corrected chi connectivity index (χ2v) is 7.90. The molecule has 0 aliphatic carbocycles. The Morgan fingerprint density at radius 1 is 1.38 bits per heavy atom. The van der Waals surface area contributed by atoms with Gasteiger partial charge in [0.2, 0.25) is 10.0 Å². The van der Waals surface area contributed by atoms with Gasteiger partial charge in [-0.3, -0.25) is 4.68 Å². The summed E-state index contributed by atoms with van der Waals surface area (Å²) in [4.78, 5) is 4.50. The molecular weight excluding hydrogens is 314 g/mol. The number of hydrogen-bond acceptors (Lipinski definition) is 4.